The summed E-state index contributed by atoms with van der Waals surface area (Å²) in [5.74, 6) is -0.921. The molecule has 1 aromatic rings. The van der Waals surface area contributed by atoms with Crippen molar-refractivity contribution in [1.82, 2.24) is 4.90 Å². The van der Waals surface area contributed by atoms with E-state index in [9.17, 15) is 14.7 Å². The number of nitrogens with zero attached hydrogens (tertiary/aromatic N) is 2. The first-order valence-electron chi connectivity index (χ1n) is 6.84. The Morgan fingerprint density at radius 2 is 2.10 bits per heavy atom. The lowest BCUT2D eigenvalue weighted by molar-refractivity contribution is -0.143. The number of piperidine rings is 1. The summed E-state index contributed by atoms with van der Waals surface area (Å²) in [5.41, 5.74) is 1.85. The number of aliphatic carboxylic acids is 1. The second-order valence-corrected chi connectivity index (χ2v) is 5.22. The largest absolute Gasteiger partial charge is 0.480 e. The number of carbonyl (C=O) groups is 2. The smallest absolute Gasteiger partial charge is 0.326 e. The molecule has 1 unspecified atom stereocenters. The van der Waals surface area contributed by atoms with Gasteiger partial charge in [-0.05, 0) is 43.9 Å². The fourth-order valence-electron chi connectivity index (χ4n) is 2.56. The van der Waals surface area contributed by atoms with Crippen molar-refractivity contribution < 1.29 is 14.7 Å². The summed E-state index contributed by atoms with van der Waals surface area (Å²) in [5, 5.41) is 9.24. The lowest BCUT2D eigenvalue weighted by Gasteiger charge is -2.35. The summed E-state index contributed by atoms with van der Waals surface area (Å²) >= 11 is 0. The third-order valence-electron chi connectivity index (χ3n) is 3.71. The van der Waals surface area contributed by atoms with Crippen LogP contribution >= 0.6 is 0 Å². The number of aryl methyl sites for hydroxylation is 1. The summed E-state index contributed by atoms with van der Waals surface area (Å²) in [6.45, 7) is 2.47. The minimum atomic E-state index is -0.921. The zero-order valence-corrected chi connectivity index (χ0v) is 11.9. The molecule has 1 saturated heterocycles. The fourth-order valence-corrected chi connectivity index (χ4v) is 2.56. The summed E-state index contributed by atoms with van der Waals surface area (Å²) in [6, 6.07) is 6.66. The molecule has 0 spiro atoms. The van der Waals surface area contributed by atoms with Crippen LogP contribution in [-0.2, 0) is 4.79 Å². The summed E-state index contributed by atoms with van der Waals surface area (Å²) in [4.78, 5) is 26.8. The number of hydrogen-bond donors (Lipinski definition) is 1. The third kappa shape index (κ3) is 2.92. The van der Waals surface area contributed by atoms with Crippen molar-refractivity contribution >= 4 is 17.7 Å². The van der Waals surface area contributed by atoms with Gasteiger partial charge in [-0.15, -0.1) is 0 Å². The number of urea groups is 1. The molecule has 1 heterocycles. The van der Waals surface area contributed by atoms with Crippen molar-refractivity contribution in [2.75, 3.05) is 18.5 Å². The van der Waals surface area contributed by atoms with Crippen LogP contribution in [0.1, 0.15) is 24.8 Å². The number of carboxylic acids is 1. The summed E-state index contributed by atoms with van der Waals surface area (Å²) in [7, 11) is 1.69. The number of rotatable bonds is 2. The van der Waals surface area contributed by atoms with Crippen molar-refractivity contribution in [1.29, 1.82) is 0 Å². The maximum Gasteiger partial charge on any atom is 0.326 e. The highest BCUT2D eigenvalue weighted by molar-refractivity contribution is 5.94. The molecule has 0 aliphatic carbocycles. The number of carbonyl (C=O) groups excluding carboxylic acids is 1. The number of amides is 2. The molecular weight excluding hydrogens is 256 g/mol. The van der Waals surface area contributed by atoms with Gasteiger partial charge in [-0.25, -0.2) is 9.59 Å². The van der Waals surface area contributed by atoms with Crippen LogP contribution in [0.5, 0.6) is 0 Å². The molecule has 20 heavy (non-hydrogen) atoms. The minimum absolute atomic E-state index is 0.247. The molecule has 0 aromatic heterocycles. The van der Waals surface area contributed by atoms with Gasteiger partial charge in [-0.1, -0.05) is 12.1 Å². The zero-order valence-electron chi connectivity index (χ0n) is 11.9. The monoisotopic (exact) mass is 276 g/mol. The standard InChI is InChI=1S/C15H20N2O3/c1-11-6-5-7-12(10-11)16(2)15(20)17-9-4-3-8-13(17)14(18)19/h5-7,10,13H,3-4,8-9H2,1-2H3,(H,18,19). The highest BCUT2D eigenvalue weighted by Gasteiger charge is 2.33. The van der Waals surface area contributed by atoms with Crippen LogP contribution < -0.4 is 4.90 Å². The first kappa shape index (κ1) is 14.4. The Labute approximate surface area is 118 Å². The van der Waals surface area contributed by atoms with E-state index < -0.39 is 12.0 Å². The van der Waals surface area contributed by atoms with Crippen molar-refractivity contribution in [2.24, 2.45) is 0 Å². The number of hydrogen-bond acceptors (Lipinski definition) is 2. The highest BCUT2D eigenvalue weighted by Crippen LogP contribution is 2.22. The van der Waals surface area contributed by atoms with Gasteiger partial charge in [0.2, 0.25) is 0 Å². The maximum absolute atomic E-state index is 12.5. The van der Waals surface area contributed by atoms with Crippen molar-refractivity contribution in [2.45, 2.75) is 32.2 Å². The Morgan fingerprint density at radius 1 is 1.35 bits per heavy atom. The average molecular weight is 276 g/mol. The van der Waals surface area contributed by atoms with Crippen molar-refractivity contribution in [3.05, 3.63) is 29.8 Å². The maximum atomic E-state index is 12.5. The Balaban J connectivity index is 2.18. The fraction of sp³-hybridized carbons (Fsp3) is 0.467. The van der Waals surface area contributed by atoms with Crippen LogP contribution in [0, 0.1) is 6.92 Å². The van der Waals surface area contributed by atoms with Crippen LogP contribution in [0.25, 0.3) is 0 Å². The molecule has 0 saturated carbocycles. The molecule has 2 amide bonds. The average Bonchev–Trinajstić information content (AvgIpc) is 2.45. The van der Waals surface area contributed by atoms with E-state index in [1.165, 1.54) is 9.80 Å². The number of likely N-dealkylation sites (tertiary alicyclic amines) is 1. The van der Waals surface area contributed by atoms with Gasteiger partial charge in [-0.2, -0.15) is 0 Å². The summed E-state index contributed by atoms with van der Waals surface area (Å²) < 4.78 is 0. The second-order valence-electron chi connectivity index (χ2n) is 5.22. The molecule has 1 aliphatic rings. The van der Waals surface area contributed by atoms with E-state index in [1.54, 1.807) is 7.05 Å². The van der Waals surface area contributed by atoms with Gasteiger partial charge in [0.15, 0.2) is 0 Å². The highest BCUT2D eigenvalue weighted by atomic mass is 16.4. The molecule has 1 N–H and O–H groups in total. The predicted molar refractivity (Wildman–Crippen MR) is 77.0 cm³/mol. The van der Waals surface area contributed by atoms with Crippen LogP contribution in [0.2, 0.25) is 0 Å². The molecule has 5 heteroatoms. The quantitative estimate of drug-likeness (QED) is 0.902. The van der Waals surface area contributed by atoms with Gasteiger partial charge in [0.25, 0.3) is 0 Å². The zero-order chi connectivity index (χ0) is 14.7. The molecule has 5 nitrogen and oxygen atoms in total. The second kappa shape index (κ2) is 5.94. The number of benzene rings is 1. The van der Waals surface area contributed by atoms with Crippen LogP contribution in [0.3, 0.4) is 0 Å². The van der Waals surface area contributed by atoms with E-state index in [1.807, 2.05) is 31.2 Å². The molecule has 1 aromatic carbocycles. The number of anilines is 1. The Hall–Kier alpha value is -2.04. The lowest BCUT2D eigenvalue weighted by atomic mass is 10.0. The normalized spacial score (nSPS) is 18.7. The Bertz CT molecular complexity index is 516. The van der Waals surface area contributed by atoms with E-state index in [0.29, 0.717) is 13.0 Å². The predicted octanol–water partition coefficient (Wildman–Crippen LogP) is 2.49. The molecule has 108 valence electrons. The van der Waals surface area contributed by atoms with Gasteiger partial charge in [-0.3, -0.25) is 4.90 Å². The molecule has 0 bridgehead atoms. The van der Waals surface area contributed by atoms with Gasteiger partial charge in [0, 0.05) is 19.3 Å². The Morgan fingerprint density at radius 3 is 2.75 bits per heavy atom. The molecule has 0 radical (unpaired) electrons. The first-order chi connectivity index (χ1) is 9.50. The molecule has 2 rings (SSSR count). The molecule has 1 fully saturated rings. The SMILES string of the molecule is Cc1cccc(N(C)C(=O)N2CCCCC2C(=O)O)c1. The number of carboxylic acid groups (broad SMARTS) is 1. The molecule has 1 aliphatic heterocycles. The van der Waals surface area contributed by atoms with E-state index in [4.69, 9.17) is 0 Å². The minimum Gasteiger partial charge on any atom is -0.480 e. The van der Waals surface area contributed by atoms with E-state index in [2.05, 4.69) is 0 Å². The van der Waals surface area contributed by atoms with Gasteiger partial charge >= 0.3 is 12.0 Å². The Kier molecular flexibility index (Phi) is 4.27. The van der Waals surface area contributed by atoms with Crippen LogP contribution in [0.15, 0.2) is 24.3 Å². The molecular formula is C15H20N2O3. The van der Waals surface area contributed by atoms with E-state index in [-0.39, 0.29) is 6.03 Å². The summed E-state index contributed by atoms with van der Waals surface area (Å²) in [6.07, 6.45) is 2.24. The van der Waals surface area contributed by atoms with Crippen molar-refractivity contribution in [3.63, 3.8) is 0 Å². The van der Waals surface area contributed by atoms with Gasteiger partial charge in [0.05, 0.1) is 0 Å². The van der Waals surface area contributed by atoms with E-state index in [0.717, 1.165) is 24.1 Å². The van der Waals surface area contributed by atoms with Crippen molar-refractivity contribution in [3.8, 4) is 0 Å². The lowest BCUT2D eigenvalue weighted by Crippen LogP contribution is -2.52. The van der Waals surface area contributed by atoms with Crippen LogP contribution in [0.4, 0.5) is 10.5 Å². The van der Waals surface area contributed by atoms with Gasteiger partial charge < -0.3 is 10.0 Å². The van der Waals surface area contributed by atoms with Gasteiger partial charge in [0.1, 0.15) is 6.04 Å². The topological polar surface area (TPSA) is 60.9 Å². The van der Waals surface area contributed by atoms with Crippen LogP contribution in [-0.4, -0.2) is 41.6 Å². The van der Waals surface area contributed by atoms with E-state index >= 15 is 0 Å². The third-order valence-corrected chi connectivity index (χ3v) is 3.71. The molecule has 1 atom stereocenters. The first-order valence-corrected chi connectivity index (χ1v) is 6.84.